The van der Waals surface area contributed by atoms with E-state index in [4.69, 9.17) is 5.90 Å². The second-order valence-corrected chi connectivity index (χ2v) is 4.28. The predicted octanol–water partition coefficient (Wildman–Crippen LogP) is 1.15. The summed E-state index contributed by atoms with van der Waals surface area (Å²) in [4.78, 5) is 6.90. The van der Waals surface area contributed by atoms with Crippen LogP contribution in [-0.4, -0.2) is 31.6 Å². The Morgan fingerprint density at radius 2 is 2.00 bits per heavy atom. The Balaban J connectivity index is 1.92. The van der Waals surface area contributed by atoms with Crippen molar-refractivity contribution in [3.8, 4) is 0 Å². The maximum atomic E-state index is 4.99. The van der Waals surface area contributed by atoms with E-state index < -0.39 is 0 Å². The van der Waals surface area contributed by atoms with Crippen LogP contribution in [0.4, 0.5) is 0 Å². The summed E-state index contributed by atoms with van der Waals surface area (Å²) in [5.74, 6) is 5.73. The molecule has 0 unspecified atom stereocenters. The standard InChI is InChI=1S/C12H18N2O/c1-14-8-12(9-14)11-4-2-10(3-5-11)6-7-15-13/h2-5,12H,6-9,13H2,1H3. The van der Waals surface area contributed by atoms with E-state index in [2.05, 4.69) is 41.1 Å². The van der Waals surface area contributed by atoms with Crippen LogP contribution < -0.4 is 5.90 Å². The molecule has 0 amide bonds. The molecule has 0 aromatic heterocycles. The number of nitrogens with zero attached hydrogens (tertiary/aromatic N) is 1. The molecule has 0 radical (unpaired) electrons. The number of likely N-dealkylation sites (N-methyl/N-ethyl adjacent to an activating group) is 1. The summed E-state index contributed by atoms with van der Waals surface area (Å²) in [6, 6.07) is 8.80. The minimum absolute atomic E-state index is 0.589. The highest BCUT2D eigenvalue weighted by Gasteiger charge is 2.24. The fraction of sp³-hybridized carbons (Fsp3) is 0.500. The summed E-state index contributed by atoms with van der Waals surface area (Å²) in [7, 11) is 2.16. The predicted molar refractivity (Wildman–Crippen MR) is 60.5 cm³/mol. The molecule has 15 heavy (non-hydrogen) atoms. The molecule has 82 valence electrons. The Labute approximate surface area is 90.8 Å². The summed E-state index contributed by atoms with van der Waals surface area (Å²) < 4.78 is 0. The molecule has 1 aliphatic heterocycles. The first-order valence-corrected chi connectivity index (χ1v) is 5.38. The monoisotopic (exact) mass is 206 g/mol. The molecular weight excluding hydrogens is 188 g/mol. The van der Waals surface area contributed by atoms with Crippen LogP contribution in [0.15, 0.2) is 24.3 Å². The highest BCUT2D eigenvalue weighted by molar-refractivity contribution is 5.27. The molecule has 2 N–H and O–H groups in total. The lowest BCUT2D eigenvalue weighted by atomic mass is 9.91. The Morgan fingerprint density at radius 1 is 1.33 bits per heavy atom. The molecule has 0 atom stereocenters. The van der Waals surface area contributed by atoms with Gasteiger partial charge in [0.2, 0.25) is 0 Å². The van der Waals surface area contributed by atoms with Gasteiger partial charge in [0.05, 0.1) is 6.61 Å². The number of benzene rings is 1. The fourth-order valence-corrected chi connectivity index (χ4v) is 2.04. The van der Waals surface area contributed by atoms with Gasteiger partial charge in [-0.25, -0.2) is 5.90 Å². The Morgan fingerprint density at radius 3 is 2.53 bits per heavy atom. The molecule has 1 saturated heterocycles. The minimum Gasteiger partial charge on any atom is -0.305 e. The molecule has 3 nitrogen and oxygen atoms in total. The second-order valence-electron chi connectivity index (χ2n) is 4.28. The van der Waals surface area contributed by atoms with Crippen molar-refractivity contribution in [1.82, 2.24) is 4.90 Å². The van der Waals surface area contributed by atoms with E-state index >= 15 is 0 Å². The SMILES string of the molecule is CN1CC(c2ccc(CCON)cc2)C1. The first-order valence-electron chi connectivity index (χ1n) is 5.38. The second kappa shape index (κ2) is 4.75. The van der Waals surface area contributed by atoms with Gasteiger partial charge in [0.15, 0.2) is 0 Å². The van der Waals surface area contributed by atoms with E-state index in [0.29, 0.717) is 6.61 Å². The number of rotatable bonds is 4. The molecule has 1 aliphatic rings. The molecule has 1 fully saturated rings. The van der Waals surface area contributed by atoms with Crippen molar-refractivity contribution in [3.63, 3.8) is 0 Å². The van der Waals surface area contributed by atoms with Gasteiger partial charge < -0.3 is 9.74 Å². The van der Waals surface area contributed by atoms with E-state index in [1.165, 1.54) is 24.2 Å². The van der Waals surface area contributed by atoms with Crippen molar-refractivity contribution in [2.24, 2.45) is 5.90 Å². The lowest BCUT2D eigenvalue weighted by Crippen LogP contribution is -2.41. The topological polar surface area (TPSA) is 38.5 Å². The zero-order valence-corrected chi connectivity index (χ0v) is 9.15. The van der Waals surface area contributed by atoms with Gasteiger partial charge in [0.25, 0.3) is 0 Å². The lowest BCUT2D eigenvalue weighted by molar-refractivity contribution is 0.141. The van der Waals surface area contributed by atoms with E-state index in [1.807, 2.05) is 0 Å². The maximum Gasteiger partial charge on any atom is 0.0719 e. The van der Waals surface area contributed by atoms with Crippen LogP contribution in [0.1, 0.15) is 17.0 Å². The van der Waals surface area contributed by atoms with Crippen LogP contribution in [0.25, 0.3) is 0 Å². The van der Waals surface area contributed by atoms with Crippen LogP contribution in [0.2, 0.25) is 0 Å². The van der Waals surface area contributed by atoms with Crippen molar-refractivity contribution in [2.75, 3.05) is 26.7 Å². The molecule has 2 rings (SSSR count). The summed E-state index contributed by atoms with van der Waals surface area (Å²) in [5.41, 5.74) is 2.74. The average Bonchev–Trinajstić information content (AvgIpc) is 2.23. The van der Waals surface area contributed by atoms with Crippen LogP contribution in [0, 0.1) is 0 Å². The third-order valence-electron chi connectivity index (χ3n) is 3.02. The summed E-state index contributed by atoms with van der Waals surface area (Å²) in [6.07, 6.45) is 0.890. The van der Waals surface area contributed by atoms with Gasteiger partial charge in [-0.05, 0) is 24.6 Å². The first-order chi connectivity index (χ1) is 7.29. The van der Waals surface area contributed by atoms with Gasteiger partial charge in [-0.15, -0.1) is 0 Å². The molecule has 1 aromatic rings. The third-order valence-corrected chi connectivity index (χ3v) is 3.02. The zero-order valence-electron chi connectivity index (χ0n) is 9.15. The average molecular weight is 206 g/mol. The van der Waals surface area contributed by atoms with Crippen LogP contribution in [0.3, 0.4) is 0 Å². The van der Waals surface area contributed by atoms with Crippen LogP contribution in [-0.2, 0) is 11.3 Å². The summed E-state index contributed by atoms with van der Waals surface area (Å²) in [6.45, 7) is 2.96. The number of likely N-dealkylation sites (tertiary alicyclic amines) is 1. The van der Waals surface area contributed by atoms with Crippen LogP contribution in [0.5, 0.6) is 0 Å². The Kier molecular flexibility index (Phi) is 3.36. The molecule has 0 saturated carbocycles. The largest absolute Gasteiger partial charge is 0.305 e. The molecule has 3 heteroatoms. The van der Waals surface area contributed by atoms with E-state index in [1.54, 1.807) is 0 Å². The van der Waals surface area contributed by atoms with Crippen molar-refractivity contribution in [1.29, 1.82) is 0 Å². The highest BCUT2D eigenvalue weighted by Crippen LogP contribution is 2.25. The van der Waals surface area contributed by atoms with Crippen LogP contribution >= 0.6 is 0 Å². The van der Waals surface area contributed by atoms with Gasteiger partial charge in [0.1, 0.15) is 0 Å². The van der Waals surface area contributed by atoms with E-state index in [0.717, 1.165) is 12.3 Å². The first kappa shape index (κ1) is 10.6. The van der Waals surface area contributed by atoms with Gasteiger partial charge in [-0.2, -0.15) is 0 Å². The van der Waals surface area contributed by atoms with Crippen molar-refractivity contribution in [2.45, 2.75) is 12.3 Å². The van der Waals surface area contributed by atoms with Gasteiger partial charge in [-0.1, -0.05) is 24.3 Å². The molecule has 0 spiro atoms. The van der Waals surface area contributed by atoms with E-state index in [-0.39, 0.29) is 0 Å². The Bertz CT molecular complexity index is 304. The van der Waals surface area contributed by atoms with Gasteiger partial charge in [0, 0.05) is 19.0 Å². The third kappa shape index (κ3) is 2.56. The van der Waals surface area contributed by atoms with E-state index in [9.17, 15) is 0 Å². The molecular formula is C12H18N2O. The number of hydrogen-bond acceptors (Lipinski definition) is 3. The molecule has 0 bridgehead atoms. The molecule has 0 aliphatic carbocycles. The normalized spacial score (nSPS) is 17.7. The van der Waals surface area contributed by atoms with Gasteiger partial charge in [-0.3, -0.25) is 0 Å². The summed E-state index contributed by atoms with van der Waals surface area (Å²) in [5, 5.41) is 0. The maximum absolute atomic E-state index is 4.99. The number of nitrogens with two attached hydrogens (primary N) is 1. The van der Waals surface area contributed by atoms with Crippen molar-refractivity contribution >= 4 is 0 Å². The minimum atomic E-state index is 0.589. The summed E-state index contributed by atoms with van der Waals surface area (Å²) >= 11 is 0. The molecule has 1 aromatic carbocycles. The fourth-order valence-electron chi connectivity index (χ4n) is 2.04. The quantitative estimate of drug-likeness (QED) is 0.751. The zero-order chi connectivity index (χ0) is 10.7. The van der Waals surface area contributed by atoms with Gasteiger partial charge >= 0.3 is 0 Å². The van der Waals surface area contributed by atoms with Crippen molar-refractivity contribution in [3.05, 3.63) is 35.4 Å². The molecule has 1 heterocycles. The smallest absolute Gasteiger partial charge is 0.0719 e. The van der Waals surface area contributed by atoms with Crippen molar-refractivity contribution < 1.29 is 4.84 Å². The highest BCUT2D eigenvalue weighted by atomic mass is 16.6. The Hall–Kier alpha value is -0.900. The lowest BCUT2D eigenvalue weighted by Gasteiger charge is -2.36. The number of hydrogen-bond donors (Lipinski definition) is 1.